The summed E-state index contributed by atoms with van der Waals surface area (Å²) in [4.78, 5) is 24.2. The van der Waals surface area contributed by atoms with Gasteiger partial charge in [-0.2, -0.15) is 0 Å². The third kappa shape index (κ3) is 4.92. The molecule has 23 heavy (non-hydrogen) atoms. The average Bonchev–Trinajstić information content (AvgIpc) is 2.52. The van der Waals surface area contributed by atoms with Crippen LogP contribution in [0.15, 0.2) is 24.3 Å². The van der Waals surface area contributed by atoms with Crippen LogP contribution >= 0.6 is 34.8 Å². The van der Waals surface area contributed by atoms with Gasteiger partial charge in [0, 0.05) is 30.8 Å². The van der Waals surface area contributed by atoms with Gasteiger partial charge >= 0.3 is 0 Å². The van der Waals surface area contributed by atoms with Gasteiger partial charge in [0.25, 0.3) is 11.6 Å². The standard InChI is InChI=1S/C13H14Cl3N3O4/c14-13(15,16)12(18-5-7-23-8-6-18)17-11(20)9-1-3-10(4-2-9)19(21)22/h1-4,12H,5-8H2,(H,17,20)/t12-/m1/s1. The SMILES string of the molecule is O=C(N[C@H](N1CCOCC1)C(Cl)(Cl)Cl)c1ccc([N+](=O)[O-])cc1. The van der Waals surface area contributed by atoms with Crippen LogP contribution in [0.4, 0.5) is 5.69 Å². The maximum atomic E-state index is 12.3. The molecule has 1 fully saturated rings. The summed E-state index contributed by atoms with van der Waals surface area (Å²) in [5.41, 5.74) is 0.135. The number of non-ortho nitro benzene ring substituents is 1. The van der Waals surface area contributed by atoms with E-state index in [2.05, 4.69) is 5.32 Å². The van der Waals surface area contributed by atoms with Crippen LogP contribution < -0.4 is 5.32 Å². The van der Waals surface area contributed by atoms with E-state index in [-0.39, 0.29) is 11.3 Å². The first kappa shape index (κ1) is 18.2. The van der Waals surface area contributed by atoms with Gasteiger partial charge in [-0.25, -0.2) is 0 Å². The molecule has 10 heteroatoms. The maximum absolute atomic E-state index is 12.3. The van der Waals surface area contributed by atoms with Crippen molar-refractivity contribution >= 4 is 46.4 Å². The fourth-order valence-electron chi connectivity index (χ4n) is 2.16. The number of nitrogens with zero attached hydrogens (tertiary/aromatic N) is 2. The van der Waals surface area contributed by atoms with Gasteiger partial charge in [-0.1, -0.05) is 34.8 Å². The third-order valence-electron chi connectivity index (χ3n) is 3.33. The first-order chi connectivity index (χ1) is 10.8. The molecule has 0 radical (unpaired) electrons. The number of ether oxygens (including phenoxy) is 1. The van der Waals surface area contributed by atoms with E-state index in [1.165, 1.54) is 24.3 Å². The smallest absolute Gasteiger partial charge is 0.269 e. The molecule has 1 aliphatic heterocycles. The lowest BCUT2D eigenvalue weighted by molar-refractivity contribution is -0.384. The molecule has 0 aliphatic carbocycles. The molecule has 0 aromatic heterocycles. The Labute approximate surface area is 147 Å². The minimum atomic E-state index is -1.73. The summed E-state index contributed by atoms with van der Waals surface area (Å²) in [5, 5.41) is 13.3. The number of benzene rings is 1. The number of nitro benzene ring substituents is 1. The van der Waals surface area contributed by atoms with Crippen molar-refractivity contribution in [2.45, 2.75) is 9.96 Å². The molecule has 1 aliphatic rings. The van der Waals surface area contributed by atoms with E-state index in [9.17, 15) is 14.9 Å². The molecule has 1 aromatic rings. The van der Waals surface area contributed by atoms with Gasteiger partial charge in [0.15, 0.2) is 0 Å². The van der Waals surface area contributed by atoms with Crippen LogP contribution in [0.25, 0.3) is 0 Å². The Morgan fingerprint density at radius 2 is 1.83 bits per heavy atom. The Hall–Kier alpha value is -1.12. The van der Waals surface area contributed by atoms with Crippen LogP contribution in [0, 0.1) is 10.1 Å². The Kier molecular flexibility index (Phi) is 6.05. The van der Waals surface area contributed by atoms with E-state index in [1.54, 1.807) is 4.90 Å². The summed E-state index contributed by atoms with van der Waals surface area (Å²) >= 11 is 17.9. The number of amides is 1. The van der Waals surface area contributed by atoms with E-state index >= 15 is 0 Å². The summed E-state index contributed by atoms with van der Waals surface area (Å²) in [6.07, 6.45) is -0.834. The van der Waals surface area contributed by atoms with Crippen molar-refractivity contribution in [2.24, 2.45) is 0 Å². The molecule has 7 nitrogen and oxygen atoms in total. The molecular weight excluding hydrogens is 369 g/mol. The van der Waals surface area contributed by atoms with Crippen LogP contribution in [0.3, 0.4) is 0 Å². The number of carbonyl (C=O) groups excluding carboxylic acids is 1. The van der Waals surface area contributed by atoms with Crippen LogP contribution in [0.1, 0.15) is 10.4 Å². The van der Waals surface area contributed by atoms with Crippen molar-refractivity contribution in [2.75, 3.05) is 26.3 Å². The molecular formula is C13H14Cl3N3O4. The van der Waals surface area contributed by atoms with Gasteiger partial charge in [0.05, 0.1) is 18.1 Å². The molecule has 1 aromatic carbocycles. The maximum Gasteiger partial charge on any atom is 0.269 e. The van der Waals surface area contributed by atoms with Gasteiger partial charge in [-0.15, -0.1) is 0 Å². The van der Waals surface area contributed by atoms with Crippen molar-refractivity contribution in [1.29, 1.82) is 0 Å². The molecule has 0 bridgehead atoms. The van der Waals surface area contributed by atoms with Crippen molar-refractivity contribution in [3.63, 3.8) is 0 Å². The zero-order chi connectivity index (χ0) is 17.0. The lowest BCUT2D eigenvalue weighted by Crippen LogP contribution is -2.58. The van der Waals surface area contributed by atoms with Gasteiger partial charge < -0.3 is 10.1 Å². The fourth-order valence-corrected chi connectivity index (χ4v) is 2.74. The summed E-state index contributed by atoms with van der Waals surface area (Å²) in [6, 6.07) is 5.19. The second-order valence-electron chi connectivity index (χ2n) is 4.87. The molecule has 2 rings (SSSR count). The normalized spacial score (nSPS) is 17.5. The van der Waals surface area contributed by atoms with E-state index in [1.807, 2.05) is 0 Å². The Morgan fingerprint density at radius 3 is 2.30 bits per heavy atom. The molecule has 0 unspecified atom stereocenters. The predicted molar refractivity (Wildman–Crippen MR) is 87.0 cm³/mol. The molecule has 126 valence electrons. The highest BCUT2D eigenvalue weighted by molar-refractivity contribution is 6.68. The van der Waals surface area contributed by atoms with Gasteiger partial charge in [0.1, 0.15) is 6.17 Å². The zero-order valence-electron chi connectivity index (χ0n) is 11.9. The number of rotatable bonds is 4. The van der Waals surface area contributed by atoms with Crippen molar-refractivity contribution in [3.05, 3.63) is 39.9 Å². The van der Waals surface area contributed by atoms with Crippen LogP contribution in [0.2, 0.25) is 0 Å². The van der Waals surface area contributed by atoms with Gasteiger partial charge in [-0.05, 0) is 12.1 Å². The van der Waals surface area contributed by atoms with E-state index in [0.29, 0.717) is 26.3 Å². The molecule has 1 atom stereocenters. The summed E-state index contributed by atoms with van der Waals surface area (Å²) in [5.74, 6) is -0.484. The number of halogens is 3. The highest BCUT2D eigenvalue weighted by atomic mass is 35.6. The molecule has 1 heterocycles. The van der Waals surface area contributed by atoms with Gasteiger partial charge in [0.2, 0.25) is 3.79 Å². The number of nitro groups is 1. The predicted octanol–water partition coefficient (Wildman–Crippen LogP) is 2.35. The summed E-state index contributed by atoms with van der Waals surface area (Å²) < 4.78 is 3.51. The van der Waals surface area contributed by atoms with Crippen LogP contribution in [-0.4, -0.2) is 52.0 Å². The lowest BCUT2D eigenvalue weighted by Gasteiger charge is -2.38. The first-order valence-electron chi connectivity index (χ1n) is 6.73. The minimum absolute atomic E-state index is 0.104. The molecule has 1 amide bonds. The third-order valence-corrected chi connectivity index (χ3v) is 3.95. The fraction of sp³-hybridized carbons (Fsp3) is 0.462. The largest absolute Gasteiger partial charge is 0.379 e. The summed E-state index contributed by atoms with van der Waals surface area (Å²) in [7, 11) is 0. The number of hydrogen-bond acceptors (Lipinski definition) is 5. The molecule has 0 saturated carbocycles. The minimum Gasteiger partial charge on any atom is -0.379 e. The molecule has 0 spiro atoms. The number of alkyl halides is 3. The number of nitrogens with one attached hydrogen (secondary N) is 1. The second-order valence-corrected chi connectivity index (χ2v) is 7.24. The highest BCUT2D eigenvalue weighted by Crippen LogP contribution is 2.32. The van der Waals surface area contributed by atoms with Gasteiger partial charge in [-0.3, -0.25) is 19.8 Å². The first-order valence-corrected chi connectivity index (χ1v) is 7.86. The second kappa shape index (κ2) is 7.63. The number of hydrogen-bond donors (Lipinski definition) is 1. The Balaban J connectivity index is 2.11. The molecule has 1 saturated heterocycles. The van der Waals surface area contributed by atoms with Crippen molar-refractivity contribution in [3.8, 4) is 0 Å². The quantitative estimate of drug-likeness (QED) is 0.491. The number of morpholine rings is 1. The van der Waals surface area contributed by atoms with E-state index < -0.39 is 20.8 Å². The lowest BCUT2D eigenvalue weighted by atomic mass is 10.2. The Morgan fingerprint density at radius 1 is 1.26 bits per heavy atom. The summed E-state index contributed by atoms with van der Waals surface area (Å²) in [6.45, 7) is 1.98. The molecule has 1 N–H and O–H groups in total. The topological polar surface area (TPSA) is 84.7 Å². The van der Waals surface area contributed by atoms with Crippen LogP contribution in [0.5, 0.6) is 0 Å². The average molecular weight is 383 g/mol. The van der Waals surface area contributed by atoms with Crippen LogP contribution in [-0.2, 0) is 4.74 Å². The number of carbonyl (C=O) groups is 1. The van der Waals surface area contributed by atoms with E-state index in [4.69, 9.17) is 39.5 Å². The monoisotopic (exact) mass is 381 g/mol. The van der Waals surface area contributed by atoms with E-state index in [0.717, 1.165) is 0 Å². The van der Waals surface area contributed by atoms with Crippen molar-refractivity contribution < 1.29 is 14.5 Å². The highest BCUT2D eigenvalue weighted by Gasteiger charge is 2.39. The zero-order valence-corrected chi connectivity index (χ0v) is 14.1. The van der Waals surface area contributed by atoms with Crippen molar-refractivity contribution in [1.82, 2.24) is 10.2 Å². The Bertz CT molecular complexity index is 571.